The number of thiocarbonyl (C=S) groups is 2. The molecule has 20 heavy (non-hydrogen) atoms. The van der Waals surface area contributed by atoms with E-state index in [0.29, 0.717) is 11.4 Å². The van der Waals surface area contributed by atoms with Crippen LogP contribution in [0.1, 0.15) is 11.1 Å². The lowest BCUT2D eigenvalue weighted by Crippen LogP contribution is -1.78. The number of hydrogen-bond acceptors (Lipinski definition) is 4. The summed E-state index contributed by atoms with van der Waals surface area (Å²) in [5.74, 6) is 6.13. The fraction of sp³-hybridized carbons (Fsp3) is 0. The lowest BCUT2D eigenvalue weighted by atomic mass is 10.1. The number of nitrogens with zero attached hydrogens (tertiary/aromatic N) is 2. The smallest absolute Gasteiger partial charge is 0.116 e. The second-order valence-corrected chi connectivity index (χ2v) is 4.06. The van der Waals surface area contributed by atoms with Crippen molar-refractivity contribution in [2.75, 3.05) is 0 Å². The second-order valence-electron chi connectivity index (χ2n) is 3.70. The highest BCUT2D eigenvalue weighted by atomic mass is 32.1. The molecule has 0 saturated carbocycles. The molecule has 0 spiro atoms. The SMILES string of the molecule is S=C=Nc1cccc(C#Cc2ccccc2)c1N=C=S. The maximum Gasteiger partial charge on any atom is 0.116 e. The number of rotatable bonds is 2. The molecule has 0 unspecified atom stereocenters. The summed E-state index contributed by atoms with van der Waals surface area (Å²) < 4.78 is 0. The summed E-state index contributed by atoms with van der Waals surface area (Å²) in [6, 6.07) is 15.2. The first-order valence-corrected chi connectivity index (χ1v) is 6.52. The second kappa shape index (κ2) is 7.25. The van der Waals surface area contributed by atoms with E-state index in [1.807, 2.05) is 42.5 Å². The number of aliphatic imine (C=N–C) groups is 2. The predicted molar refractivity (Wildman–Crippen MR) is 88.2 cm³/mol. The van der Waals surface area contributed by atoms with E-state index in [0.717, 1.165) is 11.1 Å². The minimum atomic E-state index is 0.559. The molecule has 2 aromatic rings. The van der Waals surface area contributed by atoms with E-state index in [9.17, 15) is 0 Å². The minimum Gasteiger partial charge on any atom is -0.192 e. The molecule has 0 atom stereocenters. The Balaban J connectivity index is 2.52. The average molecular weight is 292 g/mol. The molecule has 0 N–H and O–H groups in total. The molecule has 94 valence electrons. The summed E-state index contributed by atoms with van der Waals surface area (Å²) in [4.78, 5) is 7.98. The molecule has 0 amide bonds. The highest BCUT2D eigenvalue weighted by molar-refractivity contribution is 7.78. The highest BCUT2D eigenvalue weighted by Gasteiger charge is 2.04. The van der Waals surface area contributed by atoms with E-state index >= 15 is 0 Å². The normalized spacial score (nSPS) is 8.60. The number of para-hydroxylation sites is 1. The molecule has 4 heteroatoms. The van der Waals surface area contributed by atoms with Crippen LogP contribution in [-0.2, 0) is 0 Å². The third kappa shape index (κ3) is 3.55. The Labute approximate surface area is 127 Å². The van der Waals surface area contributed by atoms with Gasteiger partial charge in [0.05, 0.1) is 15.9 Å². The van der Waals surface area contributed by atoms with Gasteiger partial charge in [-0.2, -0.15) is 9.98 Å². The molecule has 2 nitrogen and oxygen atoms in total. The van der Waals surface area contributed by atoms with Gasteiger partial charge in [0.1, 0.15) is 11.4 Å². The molecule has 0 aliphatic carbocycles. The maximum absolute atomic E-state index is 4.66. The molecule has 0 aliphatic rings. The van der Waals surface area contributed by atoms with Gasteiger partial charge in [-0.25, -0.2) is 0 Å². The molecule has 0 aliphatic heterocycles. The van der Waals surface area contributed by atoms with Crippen LogP contribution >= 0.6 is 24.4 Å². The van der Waals surface area contributed by atoms with Gasteiger partial charge < -0.3 is 0 Å². The van der Waals surface area contributed by atoms with Crippen LogP contribution in [0.25, 0.3) is 0 Å². The first-order chi connectivity index (χ1) is 9.85. The van der Waals surface area contributed by atoms with Crippen LogP contribution in [0.3, 0.4) is 0 Å². The van der Waals surface area contributed by atoms with Gasteiger partial charge in [0.15, 0.2) is 0 Å². The van der Waals surface area contributed by atoms with Crippen LogP contribution < -0.4 is 0 Å². The molecule has 0 aromatic heterocycles. The summed E-state index contributed by atoms with van der Waals surface area (Å²) in [7, 11) is 0. The van der Waals surface area contributed by atoms with Crippen LogP contribution in [0.15, 0.2) is 58.5 Å². The summed E-state index contributed by atoms with van der Waals surface area (Å²) in [5, 5.41) is 4.66. The van der Waals surface area contributed by atoms with Crippen molar-refractivity contribution >= 4 is 46.1 Å². The fourth-order valence-corrected chi connectivity index (χ4v) is 1.79. The van der Waals surface area contributed by atoms with Gasteiger partial charge in [-0.3, -0.25) is 0 Å². The zero-order chi connectivity index (χ0) is 14.2. The summed E-state index contributed by atoms with van der Waals surface area (Å²) in [6.45, 7) is 0. The lowest BCUT2D eigenvalue weighted by molar-refractivity contribution is 1.45. The first-order valence-electron chi connectivity index (χ1n) is 5.71. The van der Waals surface area contributed by atoms with Crippen molar-refractivity contribution in [3.63, 3.8) is 0 Å². The predicted octanol–water partition coefficient (Wildman–Crippen LogP) is 4.56. The summed E-state index contributed by atoms with van der Waals surface area (Å²) >= 11 is 9.28. The van der Waals surface area contributed by atoms with Crippen LogP contribution in [-0.4, -0.2) is 10.3 Å². The Morgan fingerprint density at radius 2 is 1.50 bits per heavy atom. The molecule has 0 bridgehead atoms. The first kappa shape index (κ1) is 14.0. The van der Waals surface area contributed by atoms with E-state index in [2.05, 4.69) is 56.6 Å². The van der Waals surface area contributed by atoms with E-state index in [1.54, 1.807) is 6.07 Å². The van der Waals surface area contributed by atoms with Gasteiger partial charge in [-0.15, -0.1) is 0 Å². The minimum absolute atomic E-state index is 0.559. The third-order valence-corrected chi connectivity index (χ3v) is 2.64. The number of hydrogen-bond donors (Lipinski definition) is 0. The maximum atomic E-state index is 4.66. The molecule has 2 aromatic carbocycles. The van der Waals surface area contributed by atoms with Crippen LogP contribution in [0.2, 0.25) is 0 Å². The molecule has 0 fully saturated rings. The van der Waals surface area contributed by atoms with E-state index in [4.69, 9.17) is 0 Å². The average Bonchev–Trinajstić information content (AvgIpc) is 2.49. The summed E-state index contributed by atoms with van der Waals surface area (Å²) in [6.07, 6.45) is 0. The fourth-order valence-electron chi connectivity index (χ4n) is 1.60. The van der Waals surface area contributed by atoms with E-state index < -0.39 is 0 Å². The van der Waals surface area contributed by atoms with Crippen molar-refractivity contribution in [2.45, 2.75) is 0 Å². The van der Waals surface area contributed by atoms with Crippen molar-refractivity contribution in [3.05, 3.63) is 59.7 Å². The van der Waals surface area contributed by atoms with Gasteiger partial charge in [0.25, 0.3) is 0 Å². The Hall–Kier alpha value is -2.40. The van der Waals surface area contributed by atoms with E-state index in [1.165, 1.54) is 0 Å². The third-order valence-electron chi connectivity index (χ3n) is 2.45. The van der Waals surface area contributed by atoms with Gasteiger partial charge >= 0.3 is 0 Å². The quantitative estimate of drug-likeness (QED) is 0.460. The summed E-state index contributed by atoms with van der Waals surface area (Å²) in [5.41, 5.74) is 2.78. The van der Waals surface area contributed by atoms with Gasteiger partial charge in [0.2, 0.25) is 0 Å². The monoisotopic (exact) mass is 292 g/mol. The molecule has 0 heterocycles. The Morgan fingerprint density at radius 1 is 0.750 bits per heavy atom. The van der Waals surface area contributed by atoms with E-state index in [-0.39, 0.29) is 0 Å². The Bertz CT molecular complexity index is 773. The Kier molecular flexibility index (Phi) is 5.08. The van der Waals surface area contributed by atoms with Crippen molar-refractivity contribution in [1.82, 2.24) is 0 Å². The highest BCUT2D eigenvalue weighted by Crippen LogP contribution is 2.30. The van der Waals surface area contributed by atoms with Crippen molar-refractivity contribution in [1.29, 1.82) is 0 Å². The van der Waals surface area contributed by atoms with Crippen molar-refractivity contribution in [2.24, 2.45) is 9.98 Å². The number of isothiocyanates is 2. The molecule has 0 radical (unpaired) electrons. The number of benzene rings is 2. The van der Waals surface area contributed by atoms with Crippen LogP contribution in [0.5, 0.6) is 0 Å². The van der Waals surface area contributed by atoms with Gasteiger partial charge in [0, 0.05) is 5.56 Å². The van der Waals surface area contributed by atoms with Gasteiger partial charge in [-0.05, 0) is 48.7 Å². The topological polar surface area (TPSA) is 24.7 Å². The lowest BCUT2D eigenvalue weighted by Gasteiger charge is -2.00. The standard InChI is InChI=1S/C16H8N2S2/c19-11-17-15-8-4-7-14(16(15)18-12-20)10-9-13-5-2-1-3-6-13/h1-8H. The molecule has 2 rings (SSSR count). The Morgan fingerprint density at radius 3 is 2.20 bits per heavy atom. The molecular formula is C16H8N2S2. The zero-order valence-electron chi connectivity index (χ0n) is 10.3. The zero-order valence-corrected chi connectivity index (χ0v) is 12.0. The largest absolute Gasteiger partial charge is 0.192 e. The molecule has 0 saturated heterocycles. The molecular weight excluding hydrogens is 284 g/mol. The van der Waals surface area contributed by atoms with Crippen molar-refractivity contribution < 1.29 is 0 Å². The van der Waals surface area contributed by atoms with Crippen molar-refractivity contribution in [3.8, 4) is 11.8 Å². The van der Waals surface area contributed by atoms with Crippen LogP contribution in [0, 0.1) is 11.8 Å². The van der Waals surface area contributed by atoms with Crippen LogP contribution in [0.4, 0.5) is 11.4 Å². The van der Waals surface area contributed by atoms with Gasteiger partial charge in [-0.1, -0.05) is 36.1 Å².